The van der Waals surface area contributed by atoms with Gasteiger partial charge in [-0.3, -0.25) is 4.79 Å². The topological polar surface area (TPSA) is 58.4 Å². The van der Waals surface area contributed by atoms with Gasteiger partial charge in [0.15, 0.2) is 0 Å². The van der Waals surface area contributed by atoms with E-state index < -0.39 is 0 Å². The second-order valence-corrected chi connectivity index (χ2v) is 5.90. The summed E-state index contributed by atoms with van der Waals surface area (Å²) in [5.74, 6) is 0.322. The molecule has 22 heavy (non-hydrogen) atoms. The molecule has 116 valence electrons. The van der Waals surface area contributed by atoms with Gasteiger partial charge in [0, 0.05) is 25.3 Å². The van der Waals surface area contributed by atoms with Gasteiger partial charge in [0.25, 0.3) is 5.91 Å². The van der Waals surface area contributed by atoms with E-state index in [1.807, 2.05) is 55.4 Å². The van der Waals surface area contributed by atoms with Crippen LogP contribution in [0, 0.1) is 0 Å². The number of nitrogen functional groups attached to an aromatic ring is 1. The molecule has 0 spiro atoms. The fourth-order valence-electron chi connectivity index (χ4n) is 2.26. The van der Waals surface area contributed by atoms with E-state index in [0.29, 0.717) is 22.9 Å². The van der Waals surface area contributed by atoms with Crippen molar-refractivity contribution in [2.45, 2.75) is 19.8 Å². The summed E-state index contributed by atoms with van der Waals surface area (Å²) in [7, 11) is 3.86. The van der Waals surface area contributed by atoms with Gasteiger partial charge in [0.1, 0.15) is 0 Å². The molecule has 1 amide bonds. The molecule has 4 heteroatoms. The maximum Gasteiger partial charge on any atom is 0.255 e. The molecule has 0 bridgehead atoms. The third-order valence-corrected chi connectivity index (χ3v) is 3.61. The number of carbonyl (C=O) groups is 1. The molecular weight excluding hydrogens is 274 g/mol. The first-order valence-corrected chi connectivity index (χ1v) is 7.36. The summed E-state index contributed by atoms with van der Waals surface area (Å²) < 4.78 is 0. The van der Waals surface area contributed by atoms with Crippen LogP contribution in [0.4, 0.5) is 17.1 Å². The van der Waals surface area contributed by atoms with Crippen molar-refractivity contribution in [2.75, 3.05) is 30.0 Å². The highest BCUT2D eigenvalue weighted by Crippen LogP contribution is 2.25. The van der Waals surface area contributed by atoms with Gasteiger partial charge in [0.05, 0.1) is 11.4 Å². The van der Waals surface area contributed by atoms with Crippen LogP contribution in [0.5, 0.6) is 0 Å². The molecule has 0 aliphatic heterocycles. The number of nitrogens with zero attached hydrogens (tertiary/aromatic N) is 1. The molecule has 0 aliphatic carbocycles. The molecule has 0 saturated heterocycles. The third kappa shape index (κ3) is 3.58. The van der Waals surface area contributed by atoms with E-state index >= 15 is 0 Å². The van der Waals surface area contributed by atoms with Crippen LogP contribution in [-0.4, -0.2) is 20.0 Å². The lowest BCUT2D eigenvalue weighted by molar-refractivity contribution is 0.102. The normalized spacial score (nSPS) is 10.6. The standard InChI is InChI=1S/C18H23N3O/c1-12(2)13-5-7-14(8-6-13)18(22)20-15-9-10-17(21(3)4)16(19)11-15/h5-12H,19H2,1-4H3,(H,20,22). The second kappa shape index (κ2) is 6.52. The molecule has 0 atom stereocenters. The summed E-state index contributed by atoms with van der Waals surface area (Å²) >= 11 is 0. The average molecular weight is 297 g/mol. The van der Waals surface area contributed by atoms with Crippen LogP contribution in [0.15, 0.2) is 42.5 Å². The van der Waals surface area contributed by atoms with Gasteiger partial charge in [-0.25, -0.2) is 0 Å². The number of nitrogens with one attached hydrogen (secondary N) is 1. The summed E-state index contributed by atoms with van der Waals surface area (Å²) in [6.07, 6.45) is 0. The van der Waals surface area contributed by atoms with Crippen molar-refractivity contribution in [3.8, 4) is 0 Å². The third-order valence-electron chi connectivity index (χ3n) is 3.61. The Hall–Kier alpha value is -2.49. The van der Waals surface area contributed by atoms with Gasteiger partial charge >= 0.3 is 0 Å². The van der Waals surface area contributed by atoms with Crippen molar-refractivity contribution in [2.24, 2.45) is 0 Å². The minimum atomic E-state index is -0.132. The Morgan fingerprint density at radius 2 is 1.73 bits per heavy atom. The Kier molecular flexibility index (Phi) is 4.71. The number of hydrogen-bond donors (Lipinski definition) is 2. The van der Waals surface area contributed by atoms with Crippen molar-refractivity contribution in [3.05, 3.63) is 53.6 Å². The molecule has 0 heterocycles. The number of anilines is 3. The van der Waals surface area contributed by atoms with E-state index in [9.17, 15) is 4.79 Å². The summed E-state index contributed by atoms with van der Waals surface area (Å²) in [6.45, 7) is 4.26. The zero-order chi connectivity index (χ0) is 16.3. The molecule has 2 rings (SSSR count). The van der Waals surface area contributed by atoms with E-state index in [-0.39, 0.29) is 5.91 Å². The Morgan fingerprint density at radius 3 is 2.23 bits per heavy atom. The molecule has 0 saturated carbocycles. The molecule has 0 radical (unpaired) electrons. The molecule has 2 aromatic carbocycles. The predicted molar refractivity (Wildman–Crippen MR) is 93.7 cm³/mol. The number of nitrogens with two attached hydrogens (primary N) is 1. The minimum absolute atomic E-state index is 0.132. The number of amides is 1. The van der Waals surface area contributed by atoms with Crippen molar-refractivity contribution >= 4 is 23.0 Å². The number of rotatable bonds is 4. The quantitative estimate of drug-likeness (QED) is 0.846. The maximum atomic E-state index is 12.3. The fraction of sp³-hybridized carbons (Fsp3) is 0.278. The van der Waals surface area contributed by atoms with Gasteiger partial charge in [-0.2, -0.15) is 0 Å². The van der Waals surface area contributed by atoms with Crippen molar-refractivity contribution in [1.82, 2.24) is 0 Å². The van der Waals surface area contributed by atoms with Crippen LogP contribution in [0.1, 0.15) is 35.7 Å². The predicted octanol–water partition coefficient (Wildman–Crippen LogP) is 3.71. The van der Waals surface area contributed by atoms with Gasteiger partial charge < -0.3 is 16.0 Å². The zero-order valence-electron chi connectivity index (χ0n) is 13.6. The Labute approximate surface area is 131 Å². The van der Waals surface area contributed by atoms with Crippen LogP contribution in [-0.2, 0) is 0 Å². The molecule has 4 nitrogen and oxygen atoms in total. The highest BCUT2D eigenvalue weighted by Gasteiger charge is 2.09. The highest BCUT2D eigenvalue weighted by molar-refractivity contribution is 6.04. The first-order valence-electron chi connectivity index (χ1n) is 7.36. The van der Waals surface area contributed by atoms with E-state index in [1.165, 1.54) is 5.56 Å². The van der Waals surface area contributed by atoms with Crippen LogP contribution >= 0.6 is 0 Å². The molecule has 0 unspecified atom stereocenters. The monoisotopic (exact) mass is 297 g/mol. The molecule has 2 aromatic rings. The number of hydrogen-bond acceptors (Lipinski definition) is 3. The van der Waals surface area contributed by atoms with Gasteiger partial charge in [-0.05, 0) is 41.8 Å². The summed E-state index contributed by atoms with van der Waals surface area (Å²) in [5.41, 5.74) is 10.1. The van der Waals surface area contributed by atoms with Crippen molar-refractivity contribution < 1.29 is 4.79 Å². The lowest BCUT2D eigenvalue weighted by atomic mass is 10.0. The lowest BCUT2D eigenvalue weighted by Gasteiger charge is -2.16. The van der Waals surface area contributed by atoms with Gasteiger partial charge in [-0.1, -0.05) is 26.0 Å². The van der Waals surface area contributed by atoms with Crippen LogP contribution < -0.4 is 16.0 Å². The first kappa shape index (κ1) is 15.9. The summed E-state index contributed by atoms with van der Waals surface area (Å²) in [6, 6.07) is 13.2. The SMILES string of the molecule is CC(C)c1ccc(C(=O)Nc2ccc(N(C)C)c(N)c2)cc1. The molecular formula is C18H23N3O. The maximum absolute atomic E-state index is 12.3. The fourth-order valence-corrected chi connectivity index (χ4v) is 2.26. The Balaban J connectivity index is 2.13. The van der Waals surface area contributed by atoms with Gasteiger partial charge in [-0.15, -0.1) is 0 Å². The van der Waals surface area contributed by atoms with Crippen LogP contribution in [0.25, 0.3) is 0 Å². The minimum Gasteiger partial charge on any atom is -0.397 e. The van der Waals surface area contributed by atoms with E-state index in [4.69, 9.17) is 5.73 Å². The molecule has 0 aromatic heterocycles. The molecule has 3 N–H and O–H groups in total. The second-order valence-electron chi connectivity index (χ2n) is 5.90. The van der Waals surface area contributed by atoms with Crippen LogP contribution in [0.3, 0.4) is 0 Å². The smallest absolute Gasteiger partial charge is 0.255 e. The van der Waals surface area contributed by atoms with Gasteiger partial charge in [0.2, 0.25) is 0 Å². The summed E-state index contributed by atoms with van der Waals surface area (Å²) in [4.78, 5) is 14.2. The largest absolute Gasteiger partial charge is 0.397 e. The number of carbonyl (C=O) groups excluding carboxylic acids is 1. The van der Waals surface area contributed by atoms with E-state index in [1.54, 1.807) is 6.07 Å². The molecule has 0 fully saturated rings. The first-order chi connectivity index (χ1) is 10.4. The average Bonchev–Trinajstić information content (AvgIpc) is 2.47. The van der Waals surface area contributed by atoms with Crippen molar-refractivity contribution in [1.29, 1.82) is 0 Å². The van der Waals surface area contributed by atoms with Crippen LogP contribution in [0.2, 0.25) is 0 Å². The zero-order valence-corrected chi connectivity index (χ0v) is 13.6. The highest BCUT2D eigenvalue weighted by atomic mass is 16.1. The number of benzene rings is 2. The molecule has 0 aliphatic rings. The van der Waals surface area contributed by atoms with Crippen molar-refractivity contribution in [3.63, 3.8) is 0 Å². The van der Waals surface area contributed by atoms with E-state index in [0.717, 1.165) is 5.69 Å². The lowest BCUT2D eigenvalue weighted by Crippen LogP contribution is -2.14. The Bertz CT molecular complexity index is 661. The summed E-state index contributed by atoms with van der Waals surface area (Å²) in [5, 5.41) is 2.88. The van der Waals surface area contributed by atoms with E-state index in [2.05, 4.69) is 19.2 Å². The Morgan fingerprint density at radius 1 is 1.09 bits per heavy atom.